The van der Waals surface area contributed by atoms with E-state index in [4.69, 9.17) is 9.52 Å². The van der Waals surface area contributed by atoms with Crippen molar-refractivity contribution in [2.24, 2.45) is 0 Å². The molecule has 0 aliphatic carbocycles. The molecule has 2 rings (SSSR count). The monoisotopic (exact) mass is 289 g/mol. The molecule has 0 atom stereocenters. The maximum atomic E-state index is 8.70. The summed E-state index contributed by atoms with van der Waals surface area (Å²) in [6.07, 6.45) is 0.533. The van der Waals surface area contributed by atoms with Crippen LogP contribution in [0.1, 0.15) is 27.7 Å². The van der Waals surface area contributed by atoms with Gasteiger partial charge < -0.3 is 9.52 Å². The molecule has 0 aliphatic heterocycles. The summed E-state index contributed by atoms with van der Waals surface area (Å²) in [5, 5.41) is 8.70. The second-order valence-corrected chi connectivity index (χ2v) is 5.89. The van der Waals surface area contributed by atoms with Gasteiger partial charge in [-0.3, -0.25) is 4.90 Å². The van der Waals surface area contributed by atoms with Crippen LogP contribution in [0.4, 0.5) is 0 Å². The molecule has 106 valence electrons. The average molecular weight is 289 g/mol. The van der Waals surface area contributed by atoms with Gasteiger partial charge in [-0.15, -0.1) is 11.3 Å². The second kappa shape index (κ2) is 7.30. The first-order chi connectivity index (χ1) is 9.67. The van der Waals surface area contributed by atoms with E-state index in [2.05, 4.69) is 29.9 Å². The summed E-state index contributed by atoms with van der Waals surface area (Å²) in [4.78, 5) is 4.55. The Balaban J connectivity index is 1.88. The molecule has 1 N–H and O–H groups in total. The number of hydrogen-bond acceptors (Lipinski definition) is 4. The van der Waals surface area contributed by atoms with E-state index in [1.54, 1.807) is 11.3 Å². The minimum absolute atomic E-state index is 0.122. The summed E-state index contributed by atoms with van der Waals surface area (Å²) in [7, 11) is 2.08. The lowest BCUT2D eigenvalue weighted by molar-refractivity contribution is 0.287. The molecular weight excluding hydrogens is 270 g/mol. The Morgan fingerprint density at radius 3 is 2.80 bits per heavy atom. The number of furan rings is 1. The van der Waals surface area contributed by atoms with Gasteiger partial charge in [-0.25, -0.2) is 0 Å². The van der Waals surface area contributed by atoms with Crippen LogP contribution in [0.5, 0.6) is 0 Å². The Kier molecular flexibility index (Phi) is 5.42. The zero-order chi connectivity index (χ0) is 14.4. The van der Waals surface area contributed by atoms with Crippen LogP contribution in [-0.4, -0.2) is 23.7 Å². The van der Waals surface area contributed by atoms with Crippen molar-refractivity contribution >= 4 is 11.3 Å². The summed E-state index contributed by atoms with van der Waals surface area (Å²) in [5.41, 5.74) is 0. The number of rotatable bonds is 5. The number of hydrogen-bond donors (Lipinski definition) is 1. The first kappa shape index (κ1) is 14.9. The summed E-state index contributed by atoms with van der Waals surface area (Å²) in [6, 6.07) is 8.15. The first-order valence-electron chi connectivity index (χ1n) is 6.59. The van der Waals surface area contributed by atoms with Gasteiger partial charge in [0.1, 0.15) is 11.5 Å². The molecular formula is C16H19NO2S. The van der Waals surface area contributed by atoms with Gasteiger partial charge in [0, 0.05) is 17.8 Å². The van der Waals surface area contributed by atoms with Gasteiger partial charge in [-0.05, 0) is 38.2 Å². The Morgan fingerprint density at radius 1 is 1.25 bits per heavy atom. The van der Waals surface area contributed by atoms with Crippen LogP contribution in [0.2, 0.25) is 0 Å². The molecule has 0 aromatic carbocycles. The molecule has 2 heterocycles. The lowest BCUT2D eigenvalue weighted by Crippen LogP contribution is -2.15. The van der Waals surface area contributed by atoms with Gasteiger partial charge in [0.25, 0.3) is 0 Å². The van der Waals surface area contributed by atoms with E-state index in [1.807, 2.05) is 25.1 Å². The predicted octanol–water partition coefficient (Wildman–Crippen LogP) is 3.02. The molecule has 0 bridgehead atoms. The zero-order valence-electron chi connectivity index (χ0n) is 11.8. The third-order valence-corrected chi connectivity index (χ3v) is 3.74. The zero-order valence-corrected chi connectivity index (χ0v) is 12.7. The van der Waals surface area contributed by atoms with Crippen molar-refractivity contribution in [1.29, 1.82) is 0 Å². The molecule has 2 aromatic heterocycles. The molecule has 0 aliphatic rings. The van der Waals surface area contributed by atoms with Gasteiger partial charge in [-0.2, -0.15) is 0 Å². The van der Waals surface area contributed by atoms with E-state index < -0.39 is 0 Å². The van der Waals surface area contributed by atoms with Crippen molar-refractivity contribution in [3.05, 3.63) is 45.5 Å². The fourth-order valence-electron chi connectivity index (χ4n) is 1.89. The van der Waals surface area contributed by atoms with Crippen LogP contribution in [0.25, 0.3) is 0 Å². The molecule has 0 saturated heterocycles. The van der Waals surface area contributed by atoms with E-state index in [0.717, 1.165) is 29.5 Å². The molecule has 4 heteroatoms. The van der Waals surface area contributed by atoms with E-state index >= 15 is 0 Å². The normalized spacial score (nSPS) is 10.6. The van der Waals surface area contributed by atoms with E-state index in [1.165, 1.54) is 4.88 Å². The fourth-order valence-corrected chi connectivity index (χ4v) is 2.86. The lowest BCUT2D eigenvalue weighted by atomic mass is 10.3. The highest BCUT2D eigenvalue weighted by atomic mass is 32.1. The SMILES string of the molecule is Cc1ccc(CN(C)Cc2ccc(C#CCCO)s2)o1. The number of aryl methyl sites for hydroxylation is 1. The third kappa shape index (κ3) is 4.53. The van der Waals surface area contributed by atoms with Crippen LogP contribution in [0.15, 0.2) is 28.7 Å². The molecule has 20 heavy (non-hydrogen) atoms. The summed E-state index contributed by atoms with van der Waals surface area (Å²) >= 11 is 1.70. The minimum atomic E-state index is 0.122. The maximum Gasteiger partial charge on any atom is 0.118 e. The van der Waals surface area contributed by atoms with Crippen LogP contribution < -0.4 is 0 Å². The van der Waals surface area contributed by atoms with Gasteiger partial charge in [0.2, 0.25) is 0 Å². The fraction of sp³-hybridized carbons (Fsp3) is 0.375. The van der Waals surface area contributed by atoms with Crippen molar-refractivity contribution in [3.8, 4) is 11.8 Å². The van der Waals surface area contributed by atoms with Crippen molar-refractivity contribution in [1.82, 2.24) is 4.90 Å². The molecule has 0 saturated carbocycles. The van der Waals surface area contributed by atoms with Gasteiger partial charge in [0.15, 0.2) is 0 Å². The molecule has 0 unspecified atom stereocenters. The van der Waals surface area contributed by atoms with Crippen LogP contribution in [0.3, 0.4) is 0 Å². The van der Waals surface area contributed by atoms with E-state index in [0.29, 0.717) is 6.42 Å². The number of thiophene rings is 1. The number of aliphatic hydroxyl groups excluding tert-OH is 1. The Hall–Kier alpha value is -1.54. The topological polar surface area (TPSA) is 36.6 Å². The number of nitrogens with zero attached hydrogens (tertiary/aromatic N) is 1. The van der Waals surface area contributed by atoms with Crippen LogP contribution in [-0.2, 0) is 13.1 Å². The standard InChI is InChI=1S/C16H19NO2S/c1-13-6-7-14(19-13)11-17(2)12-16-9-8-15(20-16)5-3-4-10-18/h6-9,18H,4,10-12H2,1-2H3. The van der Waals surface area contributed by atoms with Gasteiger partial charge in [-0.1, -0.05) is 11.8 Å². The van der Waals surface area contributed by atoms with E-state index in [-0.39, 0.29) is 6.61 Å². The Labute approximate surface area is 123 Å². The minimum Gasteiger partial charge on any atom is -0.465 e. The van der Waals surface area contributed by atoms with Crippen molar-refractivity contribution < 1.29 is 9.52 Å². The van der Waals surface area contributed by atoms with Crippen molar-refractivity contribution in [3.63, 3.8) is 0 Å². The Bertz CT molecular complexity index is 603. The summed E-state index contributed by atoms with van der Waals surface area (Å²) in [5.74, 6) is 7.95. The highest BCUT2D eigenvalue weighted by molar-refractivity contribution is 7.12. The molecule has 3 nitrogen and oxygen atoms in total. The van der Waals surface area contributed by atoms with Crippen molar-refractivity contribution in [2.75, 3.05) is 13.7 Å². The summed E-state index contributed by atoms with van der Waals surface area (Å²) < 4.78 is 5.58. The maximum absolute atomic E-state index is 8.70. The third-order valence-electron chi connectivity index (χ3n) is 2.76. The molecule has 2 aromatic rings. The molecule has 0 amide bonds. The Morgan fingerprint density at radius 2 is 2.10 bits per heavy atom. The highest BCUT2D eigenvalue weighted by Gasteiger charge is 2.06. The van der Waals surface area contributed by atoms with Gasteiger partial charge in [0.05, 0.1) is 18.0 Å². The molecule has 0 spiro atoms. The van der Waals surface area contributed by atoms with Gasteiger partial charge >= 0.3 is 0 Å². The first-order valence-corrected chi connectivity index (χ1v) is 7.41. The van der Waals surface area contributed by atoms with Crippen molar-refractivity contribution in [2.45, 2.75) is 26.4 Å². The molecule has 0 radical (unpaired) electrons. The average Bonchev–Trinajstić information content (AvgIpc) is 2.99. The molecule has 0 fully saturated rings. The van der Waals surface area contributed by atoms with E-state index in [9.17, 15) is 0 Å². The quantitative estimate of drug-likeness (QED) is 0.860. The number of aliphatic hydroxyl groups is 1. The summed E-state index contributed by atoms with van der Waals surface area (Å²) in [6.45, 7) is 3.76. The highest BCUT2D eigenvalue weighted by Crippen LogP contribution is 2.18. The largest absolute Gasteiger partial charge is 0.465 e. The predicted molar refractivity (Wildman–Crippen MR) is 81.5 cm³/mol. The van der Waals surface area contributed by atoms with Crippen LogP contribution in [0, 0.1) is 18.8 Å². The lowest BCUT2D eigenvalue weighted by Gasteiger charge is -2.13. The smallest absolute Gasteiger partial charge is 0.118 e. The second-order valence-electron chi connectivity index (χ2n) is 4.73. The van der Waals surface area contributed by atoms with Crippen LogP contribution >= 0.6 is 11.3 Å².